The summed E-state index contributed by atoms with van der Waals surface area (Å²) in [5, 5.41) is 12.1. The van der Waals surface area contributed by atoms with Gasteiger partial charge in [-0.05, 0) is 37.0 Å². The molecule has 1 aliphatic heterocycles. The lowest BCUT2D eigenvalue weighted by molar-refractivity contribution is -0.146. The van der Waals surface area contributed by atoms with Crippen molar-refractivity contribution in [1.82, 2.24) is 4.90 Å². The summed E-state index contributed by atoms with van der Waals surface area (Å²) < 4.78 is 13.6. The maximum Gasteiger partial charge on any atom is 0.313 e. The SMILES string of the molecule is Cc1ccc(F)c(NC(=O)C(=O)N2CCC(C)C(O)C2)c1. The predicted molar refractivity (Wildman–Crippen MR) is 76.1 cm³/mol. The number of nitrogens with zero attached hydrogens (tertiary/aromatic N) is 1. The Balaban J connectivity index is 2.03. The quantitative estimate of drug-likeness (QED) is 0.767. The van der Waals surface area contributed by atoms with E-state index in [2.05, 4.69) is 5.32 Å². The number of hydrogen-bond acceptors (Lipinski definition) is 3. The number of rotatable bonds is 1. The maximum absolute atomic E-state index is 13.6. The summed E-state index contributed by atoms with van der Waals surface area (Å²) in [5.74, 6) is -2.12. The minimum atomic E-state index is -0.888. The molecule has 0 aromatic heterocycles. The van der Waals surface area contributed by atoms with E-state index in [0.29, 0.717) is 13.0 Å². The summed E-state index contributed by atoms with van der Waals surface area (Å²) in [5.41, 5.74) is 0.764. The van der Waals surface area contributed by atoms with Gasteiger partial charge < -0.3 is 15.3 Å². The van der Waals surface area contributed by atoms with Gasteiger partial charge in [0.05, 0.1) is 11.8 Å². The third-order valence-electron chi connectivity index (χ3n) is 3.77. The van der Waals surface area contributed by atoms with Gasteiger partial charge in [-0.15, -0.1) is 0 Å². The van der Waals surface area contributed by atoms with Crippen LogP contribution in [0.5, 0.6) is 0 Å². The second-order valence-electron chi connectivity index (χ2n) is 5.52. The Morgan fingerprint density at radius 2 is 2.14 bits per heavy atom. The first kappa shape index (κ1) is 15.4. The number of aliphatic hydroxyl groups is 1. The highest BCUT2D eigenvalue weighted by Gasteiger charge is 2.30. The number of amides is 2. The number of nitrogens with one attached hydrogen (secondary N) is 1. The molecule has 0 saturated carbocycles. The van der Waals surface area contributed by atoms with Crippen LogP contribution in [0.3, 0.4) is 0 Å². The first-order valence-corrected chi connectivity index (χ1v) is 6.93. The lowest BCUT2D eigenvalue weighted by atomic mass is 9.96. The Morgan fingerprint density at radius 3 is 2.81 bits per heavy atom. The molecule has 1 heterocycles. The van der Waals surface area contributed by atoms with Gasteiger partial charge in [-0.3, -0.25) is 9.59 Å². The fourth-order valence-corrected chi connectivity index (χ4v) is 2.29. The maximum atomic E-state index is 13.6. The zero-order valence-corrected chi connectivity index (χ0v) is 12.1. The summed E-state index contributed by atoms with van der Waals surface area (Å²) in [4.78, 5) is 25.2. The third kappa shape index (κ3) is 3.58. The molecule has 1 aromatic carbocycles. The first-order chi connectivity index (χ1) is 9.88. The standard InChI is InChI=1S/C15H19FN2O3/c1-9-3-4-11(16)12(7-9)17-14(20)15(21)18-6-5-10(2)13(19)8-18/h3-4,7,10,13,19H,5-6,8H2,1-2H3,(H,17,20). The Hall–Kier alpha value is -1.95. The Kier molecular flexibility index (Phi) is 4.57. The average molecular weight is 294 g/mol. The van der Waals surface area contributed by atoms with Crippen molar-refractivity contribution in [2.75, 3.05) is 18.4 Å². The lowest BCUT2D eigenvalue weighted by Crippen LogP contribution is -2.49. The van der Waals surface area contributed by atoms with Crippen LogP contribution in [0.4, 0.5) is 10.1 Å². The van der Waals surface area contributed by atoms with Crippen molar-refractivity contribution in [2.45, 2.75) is 26.4 Å². The van der Waals surface area contributed by atoms with E-state index in [-0.39, 0.29) is 18.2 Å². The molecule has 2 N–H and O–H groups in total. The summed E-state index contributed by atoms with van der Waals surface area (Å²) in [6, 6.07) is 4.28. The molecule has 1 aliphatic rings. The largest absolute Gasteiger partial charge is 0.391 e. The van der Waals surface area contributed by atoms with Crippen LogP contribution in [0.25, 0.3) is 0 Å². The molecule has 1 fully saturated rings. The van der Waals surface area contributed by atoms with Crippen LogP contribution in [0.2, 0.25) is 0 Å². The molecule has 21 heavy (non-hydrogen) atoms. The highest BCUT2D eigenvalue weighted by atomic mass is 19.1. The molecule has 5 nitrogen and oxygen atoms in total. The highest BCUT2D eigenvalue weighted by molar-refractivity contribution is 6.39. The Bertz CT molecular complexity index is 562. The summed E-state index contributed by atoms with van der Waals surface area (Å²) in [6.45, 7) is 4.21. The molecule has 0 aliphatic carbocycles. The zero-order valence-electron chi connectivity index (χ0n) is 12.1. The first-order valence-electron chi connectivity index (χ1n) is 6.93. The zero-order chi connectivity index (χ0) is 15.6. The fourth-order valence-electron chi connectivity index (χ4n) is 2.29. The second-order valence-corrected chi connectivity index (χ2v) is 5.52. The number of hydrogen-bond donors (Lipinski definition) is 2. The van der Waals surface area contributed by atoms with Crippen molar-refractivity contribution in [3.8, 4) is 0 Å². The van der Waals surface area contributed by atoms with Crippen molar-refractivity contribution in [2.24, 2.45) is 5.92 Å². The third-order valence-corrected chi connectivity index (χ3v) is 3.77. The van der Waals surface area contributed by atoms with E-state index < -0.39 is 23.7 Å². The number of halogens is 1. The van der Waals surface area contributed by atoms with Gasteiger partial charge in [-0.25, -0.2) is 4.39 Å². The number of aryl methyl sites for hydroxylation is 1. The molecular formula is C15H19FN2O3. The smallest absolute Gasteiger partial charge is 0.313 e. The molecule has 1 aromatic rings. The Morgan fingerprint density at radius 1 is 1.43 bits per heavy atom. The number of benzene rings is 1. The topological polar surface area (TPSA) is 69.6 Å². The van der Waals surface area contributed by atoms with Crippen molar-refractivity contribution >= 4 is 17.5 Å². The van der Waals surface area contributed by atoms with Crippen LogP contribution in [0, 0.1) is 18.7 Å². The minimum absolute atomic E-state index is 0.0146. The predicted octanol–water partition coefficient (Wildman–Crippen LogP) is 1.30. The number of β-amino-alcohol motifs (C(OH)–C–C–N with tert-alkyl or cyclic N) is 1. The van der Waals surface area contributed by atoms with Gasteiger partial charge in [0, 0.05) is 13.1 Å². The van der Waals surface area contributed by atoms with Crippen molar-refractivity contribution in [3.63, 3.8) is 0 Å². The van der Waals surface area contributed by atoms with Crippen molar-refractivity contribution in [3.05, 3.63) is 29.6 Å². The van der Waals surface area contributed by atoms with Crippen LogP contribution < -0.4 is 5.32 Å². The fraction of sp³-hybridized carbons (Fsp3) is 0.467. The van der Waals surface area contributed by atoms with Crippen LogP contribution in [0.15, 0.2) is 18.2 Å². The van der Waals surface area contributed by atoms with Gasteiger partial charge in [-0.2, -0.15) is 0 Å². The highest BCUT2D eigenvalue weighted by Crippen LogP contribution is 2.18. The van der Waals surface area contributed by atoms with E-state index in [9.17, 15) is 19.1 Å². The van der Waals surface area contributed by atoms with Gasteiger partial charge in [0.25, 0.3) is 0 Å². The minimum Gasteiger partial charge on any atom is -0.391 e. The van der Waals surface area contributed by atoms with Gasteiger partial charge in [-0.1, -0.05) is 13.0 Å². The Labute approximate surface area is 122 Å². The van der Waals surface area contributed by atoms with E-state index in [1.165, 1.54) is 17.0 Å². The van der Waals surface area contributed by atoms with Gasteiger partial charge >= 0.3 is 11.8 Å². The molecule has 2 amide bonds. The van der Waals surface area contributed by atoms with Gasteiger partial charge in [0.1, 0.15) is 5.82 Å². The molecule has 2 unspecified atom stereocenters. The van der Waals surface area contributed by atoms with Gasteiger partial charge in [0.2, 0.25) is 0 Å². The number of likely N-dealkylation sites (tertiary alicyclic amines) is 1. The number of aliphatic hydroxyl groups excluding tert-OH is 1. The molecule has 6 heteroatoms. The van der Waals surface area contributed by atoms with E-state index in [4.69, 9.17) is 0 Å². The van der Waals surface area contributed by atoms with E-state index in [0.717, 1.165) is 5.56 Å². The van der Waals surface area contributed by atoms with E-state index in [1.54, 1.807) is 13.0 Å². The monoisotopic (exact) mass is 294 g/mol. The molecule has 0 bridgehead atoms. The summed E-state index contributed by atoms with van der Waals surface area (Å²) in [6.07, 6.45) is 0.00475. The average Bonchev–Trinajstić information content (AvgIpc) is 2.45. The number of carbonyl (C=O) groups is 2. The normalized spacial score (nSPS) is 22.0. The van der Waals surface area contributed by atoms with Crippen LogP contribution in [0.1, 0.15) is 18.9 Å². The lowest BCUT2D eigenvalue weighted by Gasteiger charge is -2.33. The van der Waals surface area contributed by atoms with Crippen molar-refractivity contribution in [1.29, 1.82) is 0 Å². The molecule has 0 radical (unpaired) electrons. The van der Waals surface area contributed by atoms with Crippen molar-refractivity contribution < 1.29 is 19.1 Å². The van der Waals surface area contributed by atoms with Crippen LogP contribution >= 0.6 is 0 Å². The molecule has 114 valence electrons. The summed E-state index contributed by atoms with van der Waals surface area (Å²) >= 11 is 0. The van der Waals surface area contributed by atoms with Crippen LogP contribution in [-0.2, 0) is 9.59 Å². The molecular weight excluding hydrogens is 275 g/mol. The number of anilines is 1. The second kappa shape index (κ2) is 6.22. The van der Waals surface area contributed by atoms with Gasteiger partial charge in [0.15, 0.2) is 0 Å². The molecule has 2 atom stereocenters. The number of piperidine rings is 1. The summed E-state index contributed by atoms with van der Waals surface area (Å²) in [7, 11) is 0. The van der Waals surface area contributed by atoms with Crippen LogP contribution in [-0.4, -0.2) is 41.0 Å². The molecule has 2 rings (SSSR count). The molecule has 0 spiro atoms. The van der Waals surface area contributed by atoms with E-state index >= 15 is 0 Å². The van der Waals surface area contributed by atoms with E-state index in [1.807, 2.05) is 6.92 Å². The molecule has 1 saturated heterocycles. The number of carbonyl (C=O) groups excluding carboxylic acids is 2.